The summed E-state index contributed by atoms with van der Waals surface area (Å²) in [5.74, 6) is 0.844. The zero-order chi connectivity index (χ0) is 10.7. The molecule has 0 aliphatic rings. The molecule has 2 rings (SSSR count). The van der Waals surface area contributed by atoms with Crippen molar-refractivity contribution in [3.05, 3.63) is 52.2 Å². The van der Waals surface area contributed by atoms with Crippen LogP contribution in [0.4, 0.5) is 0 Å². The first kappa shape index (κ1) is 13.0. The Hall–Kier alpha value is -1.03. The van der Waals surface area contributed by atoms with Crippen LogP contribution in [0.2, 0.25) is 0 Å². The molecule has 0 fully saturated rings. The van der Waals surface area contributed by atoms with Gasteiger partial charge < -0.3 is 10.5 Å². The molecule has 0 amide bonds. The monoisotopic (exact) mass is 255 g/mol. The number of thiophene rings is 1. The molecule has 0 bridgehead atoms. The van der Waals surface area contributed by atoms with E-state index in [0.717, 1.165) is 16.9 Å². The number of hydrogen-bond acceptors (Lipinski definition) is 3. The summed E-state index contributed by atoms with van der Waals surface area (Å²) in [6, 6.07) is 9.80. The van der Waals surface area contributed by atoms with E-state index < -0.39 is 0 Å². The second kappa shape index (κ2) is 5.89. The molecule has 0 aliphatic heterocycles. The van der Waals surface area contributed by atoms with Gasteiger partial charge in [-0.25, -0.2) is 0 Å². The van der Waals surface area contributed by atoms with Crippen molar-refractivity contribution in [2.45, 2.75) is 6.04 Å². The quantitative estimate of drug-likeness (QED) is 0.914. The molecule has 1 aromatic heterocycles. The van der Waals surface area contributed by atoms with Crippen molar-refractivity contribution >= 4 is 23.7 Å². The Morgan fingerprint density at radius 2 is 2.00 bits per heavy atom. The van der Waals surface area contributed by atoms with E-state index in [-0.39, 0.29) is 18.4 Å². The first-order valence-corrected chi connectivity index (χ1v) is 5.68. The highest BCUT2D eigenvalue weighted by atomic mass is 35.5. The lowest BCUT2D eigenvalue weighted by Gasteiger charge is -2.14. The Bertz CT molecular complexity index is 430. The summed E-state index contributed by atoms with van der Waals surface area (Å²) in [5, 5.41) is 4.10. The van der Waals surface area contributed by atoms with Crippen molar-refractivity contribution in [2.24, 2.45) is 5.73 Å². The topological polar surface area (TPSA) is 35.2 Å². The van der Waals surface area contributed by atoms with E-state index in [1.54, 1.807) is 18.4 Å². The molecule has 0 saturated heterocycles. The maximum absolute atomic E-state index is 6.16. The maximum Gasteiger partial charge on any atom is 0.123 e. The Morgan fingerprint density at radius 1 is 1.25 bits per heavy atom. The highest BCUT2D eigenvalue weighted by Gasteiger charge is 2.13. The summed E-state index contributed by atoms with van der Waals surface area (Å²) in [6.45, 7) is 0. The zero-order valence-corrected chi connectivity index (χ0v) is 10.6. The molecule has 16 heavy (non-hydrogen) atoms. The van der Waals surface area contributed by atoms with Crippen molar-refractivity contribution in [1.29, 1.82) is 0 Å². The Morgan fingerprint density at radius 3 is 2.62 bits per heavy atom. The number of methoxy groups -OCH3 is 1. The van der Waals surface area contributed by atoms with E-state index in [4.69, 9.17) is 10.5 Å². The average molecular weight is 256 g/mol. The van der Waals surface area contributed by atoms with Gasteiger partial charge in [-0.15, -0.1) is 12.4 Å². The fourth-order valence-corrected chi connectivity index (χ4v) is 2.25. The molecule has 0 aliphatic carbocycles. The van der Waals surface area contributed by atoms with Crippen LogP contribution in [0.15, 0.2) is 41.1 Å². The molecular weight excluding hydrogens is 242 g/mol. The van der Waals surface area contributed by atoms with Crippen molar-refractivity contribution in [3.63, 3.8) is 0 Å². The van der Waals surface area contributed by atoms with Crippen molar-refractivity contribution in [2.75, 3.05) is 7.11 Å². The number of halogens is 1. The minimum Gasteiger partial charge on any atom is -0.496 e. The minimum atomic E-state index is -0.104. The van der Waals surface area contributed by atoms with Crippen LogP contribution in [0.3, 0.4) is 0 Å². The molecule has 0 radical (unpaired) electrons. The van der Waals surface area contributed by atoms with Crippen LogP contribution >= 0.6 is 23.7 Å². The summed E-state index contributed by atoms with van der Waals surface area (Å²) in [5.41, 5.74) is 8.32. The first-order valence-electron chi connectivity index (χ1n) is 4.73. The summed E-state index contributed by atoms with van der Waals surface area (Å²) in [7, 11) is 1.67. The van der Waals surface area contributed by atoms with Crippen LogP contribution in [0.25, 0.3) is 0 Å². The standard InChI is InChI=1S/C12H13NOS.ClH/c1-14-11-5-3-2-4-10(11)12(13)9-6-7-15-8-9;/h2-8,12H,13H2,1H3;1H/t12-;/m0./s1. The molecule has 2 N–H and O–H groups in total. The van der Waals surface area contributed by atoms with Crippen LogP contribution < -0.4 is 10.5 Å². The van der Waals surface area contributed by atoms with Gasteiger partial charge in [-0.1, -0.05) is 18.2 Å². The molecule has 1 heterocycles. The summed E-state index contributed by atoms with van der Waals surface area (Å²) < 4.78 is 5.29. The molecule has 1 aromatic carbocycles. The molecule has 2 nitrogen and oxygen atoms in total. The van der Waals surface area contributed by atoms with Gasteiger partial charge >= 0.3 is 0 Å². The fraction of sp³-hybridized carbons (Fsp3) is 0.167. The lowest BCUT2D eigenvalue weighted by Crippen LogP contribution is -2.11. The summed E-state index contributed by atoms with van der Waals surface area (Å²) in [4.78, 5) is 0. The number of nitrogens with two attached hydrogens (primary N) is 1. The van der Waals surface area contributed by atoms with Crippen molar-refractivity contribution < 1.29 is 4.74 Å². The Kier molecular flexibility index (Phi) is 4.80. The summed E-state index contributed by atoms with van der Waals surface area (Å²) >= 11 is 1.66. The second-order valence-electron chi connectivity index (χ2n) is 3.28. The SMILES string of the molecule is COc1ccccc1[C@@H](N)c1ccsc1.Cl. The van der Waals surface area contributed by atoms with E-state index in [9.17, 15) is 0 Å². The van der Waals surface area contributed by atoms with Gasteiger partial charge in [-0.3, -0.25) is 0 Å². The predicted octanol–water partition coefficient (Wildman–Crippen LogP) is 3.23. The van der Waals surface area contributed by atoms with E-state index >= 15 is 0 Å². The number of para-hydroxylation sites is 1. The Labute approximate surface area is 105 Å². The van der Waals surface area contributed by atoms with Crippen molar-refractivity contribution in [1.82, 2.24) is 0 Å². The third kappa shape index (κ3) is 2.55. The number of benzene rings is 1. The minimum absolute atomic E-state index is 0. The molecular formula is C12H14ClNOS. The molecule has 4 heteroatoms. The summed E-state index contributed by atoms with van der Waals surface area (Å²) in [6.07, 6.45) is 0. The molecule has 0 spiro atoms. The second-order valence-corrected chi connectivity index (χ2v) is 4.06. The van der Waals surface area contributed by atoms with Gasteiger partial charge in [0.1, 0.15) is 5.75 Å². The lowest BCUT2D eigenvalue weighted by molar-refractivity contribution is 0.408. The fourth-order valence-electron chi connectivity index (χ4n) is 1.55. The normalized spacial score (nSPS) is 11.6. The van der Waals surface area contributed by atoms with Crippen LogP contribution in [0.1, 0.15) is 17.2 Å². The van der Waals surface area contributed by atoms with Gasteiger partial charge in [0.05, 0.1) is 13.2 Å². The number of rotatable bonds is 3. The third-order valence-corrected chi connectivity index (χ3v) is 3.08. The predicted molar refractivity (Wildman–Crippen MR) is 70.6 cm³/mol. The van der Waals surface area contributed by atoms with E-state index in [2.05, 4.69) is 5.38 Å². The van der Waals surface area contributed by atoms with Gasteiger partial charge in [0.15, 0.2) is 0 Å². The van der Waals surface area contributed by atoms with Crippen molar-refractivity contribution in [3.8, 4) is 5.75 Å². The average Bonchev–Trinajstić information content (AvgIpc) is 2.81. The smallest absolute Gasteiger partial charge is 0.123 e. The highest BCUT2D eigenvalue weighted by Crippen LogP contribution is 2.28. The lowest BCUT2D eigenvalue weighted by atomic mass is 10.0. The highest BCUT2D eigenvalue weighted by molar-refractivity contribution is 7.08. The molecule has 2 aromatic rings. The van der Waals surface area contributed by atoms with E-state index in [1.165, 1.54) is 0 Å². The van der Waals surface area contributed by atoms with Crippen LogP contribution in [-0.2, 0) is 0 Å². The molecule has 0 unspecified atom stereocenters. The largest absolute Gasteiger partial charge is 0.496 e. The van der Waals surface area contributed by atoms with Crippen LogP contribution in [0, 0.1) is 0 Å². The van der Waals surface area contributed by atoms with Gasteiger partial charge in [0.2, 0.25) is 0 Å². The molecule has 86 valence electrons. The van der Waals surface area contributed by atoms with Gasteiger partial charge in [0.25, 0.3) is 0 Å². The Balaban J connectivity index is 0.00000128. The molecule has 1 atom stereocenters. The number of ether oxygens (including phenoxy) is 1. The van der Waals surface area contributed by atoms with Crippen LogP contribution in [-0.4, -0.2) is 7.11 Å². The molecule has 0 saturated carbocycles. The maximum atomic E-state index is 6.16. The van der Waals surface area contributed by atoms with Gasteiger partial charge in [-0.05, 0) is 28.5 Å². The number of hydrogen-bond donors (Lipinski definition) is 1. The van der Waals surface area contributed by atoms with Gasteiger partial charge in [0, 0.05) is 5.56 Å². The zero-order valence-electron chi connectivity index (χ0n) is 8.92. The first-order chi connectivity index (χ1) is 7.33. The van der Waals surface area contributed by atoms with E-state index in [0.29, 0.717) is 0 Å². The van der Waals surface area contributed by atoms with Gasteiger partial charge in [-0.2, -0.15) is 11.3 Å². The van der Waals surface area contributed by atoms with E-state index in [1.807, 2.05) is 35.7 Å². The van der Waals surface area contributed by atoms with Crippen LogP contribution in [0.5, 0.6) is 5.75 Å². The third-order valence-electron chi connectivity index (χ3n) is 2.38.